The first-order chi connectivity index (χ1) is 18.2. The fourth-order valence-corrected chi connectivity index (χ4v) is 6.49. The van der Waals surface area contributed by atoms with E-state index in [0.717, 1.165) is 51.6 Å². The molecule has 0 spiro atoms. The summed E-state index contributed by atoms with van der Waals surface area (Å²) in [6.07, 6.45) is 8.52. The number of ether oxygens (including phenoxy) is 2. The predicted octanol–water partition coefficient (Wildman–Crippen LogP) is 1.33. The van der Waals surface area contributed by atoms with Gasteiger partial charge >= 0.3 is 6.09 Å². The molecule has 3 aliphatic heterocycles. The average molecular weight is 551 g/mol. The highest BCUT2D eigenvalue weighted by Gasteiger charge is 2.43. The van der Waals surface area contributed by atoms with E-state index >= 15 is 0 Å². The number of hydrogen-bond acceptors (Lipinski definition) is 9. The van der Waals surface area contributed by atoms with Crippen molar-refractivity contribution in [2.24, 2.45) is 5.92 Å². The molecule has 0 radical (unpaired) electrons. The van der Waals surface area contributed by atoms with E-state index in [2.05, 4.69) is 14.9 Å². The van der Waals surface area contributed by atoms with E-state index in [0.29, 0.717) is 43.9 Å². The zero-order chi connectivity index (χ0) is 26.8. The first-order valence-electron chi connectivity index (χ1n) is 13.6. The summed E-state index contributed by atoms with van der Waals surface area (Å²) in [5.74, 6) is 0.777. The Morgan fingerprint density at radius 3 is 2.42 bits per heavy atom. The minimum absolute atomic E-state index is 0.0364. The van der Waals surface area contributed by atoms with Crippen LogP contribution in [-0.4, -0.2) is 115 Å². The van der Waals surface area contributed by atoms with E-state index in [1.165, 1.54) is 21.6 Å². The summed E-state index contributed by atoms with van der Waals surface area (Å²) in [7, 11) is -3.49. The maximum Gasteiger partial charge on any atom is 0.410 e. The summed E-state index contributed by atoms with van der Waals surface area (Å²) in [4.78, 5) is 39.1. The van der Waals surface area contributed by atoms with Gasteiger partial charge in [0.25, 0.3) is 0 Å². The van der Waals surface area contributed by atoms with Gasteiger partial charge in [-0.05, 0) is 64.5 Å². The SMILES string of the molecule is CC1(OC(=O)N2CCC(COc3cnc(N4CCN(S(=O)(=O)CCN5CCCC5)CC4=O)cn3)CC2)CC1. The normalized spacial score (nSPS) is 23.0. The molecule has 1 aliphatic carbocycles. The fourth-order valence-electron chi connectivity index (χ4n) is 5.07. The minimum Gasteiger partial charge on any atom is -0.476 e. The molecule has 13 heteroatoms. The molecule has 2 amide bonds. The van der Waals surface area contributed by atoms with Gasteiger partial charge in [-0.15, -0.1) is 0 Å². The zero-order valence-corrected chi connectivity index (χ0v) is 22.9. The molecular weight excluding hydrogens is 512 g/mol. The largest absolute Gasteiger partial charge is 0.476 e. The number of rotatable bonds is 9. The average Bonchev–Trinajstić information content (AvgIpc) is 3.40. The van der Waals surface area contributed by atoms with Gasteiger partial charge in [-0.1, -0.05) is 0 Å². The number of anilines is 1. The fraction of sp³-hybridized carbons (Fsp3) is 0.760. The highest BCUT2D eigenvalue weighted by molar-refractivity contribution is 7.89. The second-order valence-corrected chi connectivity index (χ2v) is 13.1. The minimum atomic E-state index is -3.49. The van der Waals surface area contributed by atoms with Crippen LogP contribution in [0.2, 0.25) is 0 Å². The van der Waals surface area contributed by atoms with Crippen LogP contribution in [0.15, 0.2) is 12.4 Å². The summed E-state index contributed by atoms with van der Waals surface area (Å²) in [6, 6.07) is 0. The Bertz CT molecular complexity index is 1100. The summed E-state index contributed by atoms with van der Waals surface area (Å²) in [5, 5.41) is 0. The Morgan fingerprint density at radius 2 is 1.79 bits per heavy atom. The molecule has 1 aromatic rings. The molecule has 4 fully saturated rings. The molecule has 3 saturated heterocycles. The van der Waals surface area contributed by atoms with Gasteiger partial charge in [-0.3, -0.25) is 9.69 Å². The first kappa shape index (κ1) is 27.1. The summed E-state index contributed by atoms with van der Waals surface area (Å²) in [5.41, 5.74) is -0.259. The lowest BCUT2D eigenvalue weighted by atomic mass is 9.98. The Morgan fingerprint density at radius 1 is 1.05 bits per heavy atom. The summed E-state index contributed by atoms with van der Waals surface area (Å²) >= 11 is 0. The van der Waals surface area contributed by atoms with E-state index in [-0.39, 0.29) is 43.0 Å². The quantitative estimate of drug-likeness (QED) is 0.448. The number of aromatic nitrogens is 2. The van der Waals surface area contributed by atoms with Crippen LogP contribution in [0.1, 0.15) is 45.4 Å². The number of nitrogens with zero attached hydrogens (tertiary/aromatic N) is 6. The number of sulfonamides is 1. The Kier molecular flexibility index (Phi) is 8.06. The van der Waals surface area contributed by atoms with Crippen molar-refractivity contribution in [1.29, 1.82) is 0 Å². The third-order valence-corrected chi connectivity index (χ3v) is 9.76. The van der Waals surface area contributed by atoms with Crippen LogP contribution >= 0.6 is 0 Å². The molecule has 0 atom stereocenters. The highest BCUT2D eigenvalue weighted by atomic mass is 32.2. The third-order valence-electron chi connectivity index (χ3n) is 7.96. The maximum atomic E-state index is 12.8. The molecule has 1 aromatic heterocycles. The van der Waals surface area contributed by atoms with Gasteiger partial charge in [-0.25, -0.2) is 23.2 Å². The maximum absolute atomic E-state index is 12.8. The number of likely N-dealkylation sites (tertiary alicyclic amines) is 2. The smallest absolute Gasteiger partial charge is 0.410 e. The molecule has 4 heterocycles. The highest BCUT2D eigenvalue weighted by Crippen LogP contribution is 2.39. The molecule has 5 rings (SSSR count). The van der Waals surface area contributed by atoms with Crippen LogP contribution < -0.4 is 9.64 Å². The molecule has 4 aliphatic rings. The standard InChI is InChI=1S/C25H38N6O6S/c1-25(6-7-25)37-24(33)29-10-4-20(5-11-29)19-36-22-17-26-21(16-27-22)31-13-12-30(18-23(31)32)38(34,35)15-14-28-8-2-3-9-28/h16-17,20H,2-15,18-19H2,1H3. The van der Waals surface area contributed by atoms with E-state index in [1.807, 2.05) is 6.92 Å². The van der Waals surface area contributed by atoms with Crippen molar-refractivity contribution < 1.29 is 27.5 Å². The van der Waals surface area contributed by atoms with Crippen molar-refractivity contribution in [3.8, 4) is 5.88 Å². The van der Waals surface area contributed by atoms with Gasteiger partial charge in [0.1, 0.15) is 5.60 Å². The molecule has 210 valence electrons. The number of carbonyl (C=O) groups is 2. The van der Waals surface area contributed by atoms with Crippen molar-refractivity contribution in [2.75, 3.05) is 69.6 Å². The van der Waals surface area contributed by atoms with Crippen LogP contribution in [-0.2, 0) is 19.6 Å². The van der Waals surface area contributed by atoms with Crippen LogP contribution in [0.3, 0.4) is 0 Å². The van der Waals surface area contributed by atoms with Gasteiger partial charge in [0.05, 0.1) is 31.3 Å². The lowest BCUT2D eigenvalue weighted by molar-refractivity contribution is -0.120. The first-order valence-corrected chi connectivity index (χ1v) is 15.3. The summed E-state index contributed by atoms with van der Waals surface area (Å²) in [6.45, 7) is 6.41. The van der Waals surface area contributed by atoms with Crippen molar-refractivity contribution in [3.05, 3.63) is 12.4 Å². The number of piperazine rings is 1. The molecular formula is C25H38N6O6S. The Balaban J connectivity index is 1.04. The van der Waals surface area contributed by atoms with Crippen LogP contribution in [0.4, 0.5) is 10.6 Å². The van der Waals surface area contributed by atoms with E-state index < -0.39 is 10.0 Å². The number of amides is 2. The van der Waals surface area contributed by atoms with Crippen molar-refractivity contribution in [2.45, 2.75) is 51.0 Å². The second-order valence-electron chi connectivity index (χ2n) is 11.0. The van der Waals surface area contributed by atoms with E-state index in [9.17, 15) is 18.0 Å². The van der Waals surface area contributed by atoms with Crippen LogP contribution in [0.25, 0.3) is 0 Å². The van der Waals surface area contributed by atoms with Crippen LogP contribution in [0.5, 0.6) is 5.88 Å². The van der Waals surface area contributed by atoms with Gasteiger partial charge < -0.3 is 19.3 Å². The number of carbonyl (C=O) groups excluding carboxylic acids is 2. The zero-order valence-electron chi connectivity index (χ0n) is 22.1. The molecule has 1 saturated carbocycles. The van der Waals surface area contributed by atoms with Gasteiger partial charge in [0.15, 0.2) is 5.82 Å². The molecule has 0 bridgehead atoms. The summed E-state index contributed by atoms with van der Waals surface area (Å²) < 4.78 is 38.2. The second kappa shape index (κ2) is 11.3. The molecule has 12 nitrogen and oxygen atoms in total. The van der Waals surface area contributed by atoms with Crippen molar-refractivity contribution >= 4 is 27.8 Å². The monoisotopic (exact) mass is 550 g/mol. The van der Waals surface area contributed by atoms with Gasteiger partial charge in [0, 0.05) is 32.7 Å². The Hall–Kier alpha value is -2.51. The lowest BCUT2D eigenvalue weighted by Gasteiger charge is -2.33. The van der Waals surface area contributed by atoms with Gasteiger partial charge in [0.2, 0.25) is 21.8 Å². The third kappa shape index (κ3) is 6.73. The van der Waals surface area contributed by atoms with Crippen molar-refractivity contribution in [1.82, 2.24) is 24.1 Å². The number of hydrogen-bond donors (Lipinski definition) is 0. The number of piperidine rings is 1. The topological polar surface area (TPSA) is 125 Å². The van der Waals surface area contributed by atoms with Crippen LogP contribution in [0, 0.1) is 5.92 Å². The predicted molar refractivity (Wildman–Crippen MR) is 139 cm³/mol. The van der Waals surface area contributed by atoms with Crippen molar-refractivity contribution in [3.63, 3.8) is 0 Å². The molecule has 0 aromatic carbocycles. The lowest BCUT2D eigenvalue weighted by Crippen LogP contribution is -2.53. The van der Waals surface area contributed by atoms with E-state index in [4.69, 9.17) is 9.47 Å². The van der Waals surface area contributed by atoms with Gasteiger partial charge in [-0.2, -0.15) is 4.31 Å². The van der Waals surface area contributed by atoms with E-state index in [1.54, 1.807) is 4.90 Å². The molecule has 38 heavy (non-hydrogen) atoms. The molecule has 0 unspecified atom stereocenters. The molecule has 0 N–H and O–H groups in total. The Labute approximate surface area is 224 Å².